The van der Waals surface area contributed by atoms with Crippen molar-refractivity contribution >= 4 is 11.6 Å². The van der Waals surface area contributed by atoms with Crippen LogP contribution < -0.4 is 14.8 Å². The van der Waals surface area contributed by atoms with Crippen LogP contribution in [0.4, 0.5) is 18.9 Å². The minimum atomic E-state index is -4.70. The van der Waals surface area contributed by atoms with E-state index in [1.54, 1.807) is 6.07 Å². The zero-order valence-electron chi connectivity index (χ0n) is 31.9. The summed E-state index contributed by atoms with van der Waals surface area (Å²) in [7, 11) is 0. The number of halogens is 3. The Labute approximate surface area is 327 Å². The number of hydrogen-bond acceptors (Lipinski definition) is 6. The predicted octanol–water partition coefficient (Wildman–Crippen LogP) is 9.44. The van der Waals surface area contributed by atoms with Crippen LogP contribution in [0.15, 0.2) is 97.1 Å². The molecule has 6 atom stereocenters. The minimum absolute atomic E-state index is 0.00398. The number of fused-ring (bicyclic) bond motifs is 5. The predicted molar refractivity (Wildman–Crippen MR) is 209 cm³/mol. The zero-order chi connectivity index (χ0) is 38.7. The average Bonchev–Trinajstić information content (AvgIpc) is 3.54. The first-order valence-electron chi connectivity index (χ1n) is 20.1. The molecule has 3 fully saturated rings. The first-order chi connectivity index (χ1) is 27.1. The summed E-state index contributed by atoms with van der Waals surface area (Å²) in [5, 5.41) is 2.54. The summed E-state index contributed by atoms with van der Waals surface area (Å²) in [6, 6.07) is 30.5. The molecule has 1 N–H and O–H groups in total. The Morgan fingerprint density at radius 3 is 2.32 bits per heavy atom. The third-order valence-electron chi connectivity index (χ3n) is 12.7. The van der Waals surface area contributed by atoms with E-state index in [2.05, 4.69) is 41.4 Å². The van der Waals surface area contributed by atoms with Gasteiger partial charge in [-0.25, -0.2) is 0 Å². The molecule has 8 rings (SSSR count). The van der Waals surface area contributed by atoms with Gasteiger partial charge >= 0.3 is 6.18 Å². The number of nitrogens with zero attached hydrogens (tertiary/aromatic N) is 1. The van der Waals surface area contributed by atoms with Crippen molar-refractivity contribution in [2.45, 2.75) is 83.0 Å². The minimum Gasteiger partial charge on any atom is -0.490 e. The lowest BCUT2D eigenvalue weighted by Gasteiger charge is -2.53. The lowest BCUT2D eigenvalue weighted by atomic mass is 9.54. The second kappa shape index (κ2) is 16.6. The molecule has 2 saturated carbocycles. The van der Waals surface area contributed by atoms with E-state index in [1.165, 1.54) is 17.2 Å². The first kappa shape index (κ1) is 38.5. The van der Waals surface area contributed by atoms with E-state index >= 15 is 0 Å². The molecule has 1 heterocycles. The Balaban J connectivity index is 1.06. The number of morpholine rings is 1. The van der Waals surface area contributed by atoms with Gasteiger partial charge in [0, 0.05) is 37.4 Å². The van der Waals surface area contributed by atoms with E-state index in [0.717, 1.165) is 48.6 Å². The maximum absolute atomic E-state index is 14.7. The van der Waals surface area contributed by atoms with Crippen LogP contribution in [-0.2, 0) is 40.1 Å². The number of amides is 1. The van der Waals surface area contributed by atoms with Gasteiger partial charge in [0.15, 0.2) is 0 Å². The maximum atomic E-state index is 14.7. The molecule has 0 aromatic heterocycles. The summed E-state index contributed by atoms with van der Waals surface area (Å²) in [5.41, 5.74) is 3.20. The summed E-state index contributed by atoms with van der Waals surface area (Å²) in [6.45, 7) is 6.30. The van der Waals surface area contributed by atoms with Gasteiger partial charge in [-0.05, 0) is 96.5 Å². The molecule has 7 nitrogen and oxygen atoms in total. The molecule has 4 aromatic carbocycles. The Morgan fingerprint density at radius 1 is 0.875 bits per heavy atom. The number of hydrogen-bond donors (Lipinski definition) is 1. The molecule has 0 radical (unpaired) electrons. The zero-order valence-corrected chi connectivity index (χ0v) is 31.9. The molecule has 296 valence electrons. The fraction of sp³-hybridized carbons (Fsp3) is 0.457. The standard InChI is InChI=1S/C46H51F3N2O5/c1-45-28-41(56-35-14-18-40(39(27-35)46(47,48)49)50-43(52)20-21-51-22-24-53-25-23-51)44-36-16-13-34(54-29-31-8-4-2-5-9-31)26-33(36)12-15-37(44)38(45)17-19-42(45)55-30-32-10-6-3-7-11-32/h2-11,13-14,16,18,26-27,37-38,41-42,44H,12,15,17,19-25,28-30H2,1H3,(H,50,52)/t37-,38-,41-,42-,44+,45-/m0/s1. The van der Waals surface area contributed by atoms with Crippen molar-refractivity contribution in [3.63, 3.8) is 0 Å². The highest BCUT2D eigenvalue weighted by atomic mass is 19.4. The molecule has 0 bridgehead atoms. The lowest BCUT2D eigenvalue weighted by Crippen LogP contribution is -2.52. The number of anilines is 1. The van der Waals surface area contributed by atoms with E-state index < -0.39 is 23.8 Å². The monoisotopic (exact) mass is 768 g/mol. The van der Waals surface area contributed by atoms with Gasteiger partial charge < -0.3 is 24.3 Å². The van der Waals surface area contributed by atoms with Gasteiger partial charge in [-0.15, -0.1) is 0 Å². The molecule has 4 aromatic rings. The van der Waals surface area contributed by atoms with Gasteiger partial charge in [-0.1, -0.05) is 73.7 Å². The van der Waals surface area contributed by atoms with Crippen molar-refractivity contribution in [2.75, 3.05) is 38.2 Å². The van der Waals surface area contributed by atoms with Crippen LogP contribution in [0.5, 0.6) is 11.5 Å². The third kappa shape index (κ3) is 8.48. The Kier molecular flexibility index (Phi) is 11.4. The van der Waals surface area contributed by atoms with Crippen molar-refractivity contribution in [3.8, 4) is 11.5 Å². The fourth-order valence-corrected chi connectivity index (χ4v) is 9.96. The highest BCUT2D eigenvalue weighted by Gasteiger charge is 2.59. The van der Waals surface area contributed by atoms with Crippen LogP contribution in [0.3, 0.4) is 0 Å². The van der Waals surface area contributed by atoms with Gasteiger partial charge in [-0.2, -0.15) is 13.2 Å². The largest absolute Gasteiger partial charge is 0.490 e. The van der Waals surface area contributed by atoms with Crippen LogP contribution in [0, 0.1) is 17.3 Å². The SMILES string of the molecule is C[C@]12C[C@H](Oc3ccc(NC(=O)CCN4CCOCC4)c(C(F)(F)F)c3)[C@@H]3c4ccc(OCc5ccccc5)cc4CC[C@H]3[C@@H]1CC[C@@H]2OCc1ccccc1. The van der Waals surface area contributed by atoms with Gasteiger partial charge in [-0.3, -0.25) is 9.69 Å². The number of benzene rings is 4. The highest BCUT2D eigenvalue weighted by Crippen LogP contribution is 2.62. The van der Waals surface area contributed by atoms with Crippen molar-refractivity contribution in [1.82, 2.24) is 4.90 Å². The summed E-state index contributed by atoms with van der Waals surface area (Å²) in [5.74, 6) is 1.14. The molecular formula is C46H51F3N2O5. The molecule has 56 heavy (non-hydrogen) atoms. The van der Waals surface area contributed by atoms with Crippen molar-refractivity contribution in [1.29, 1.82) is 0 Å². The molecule has 1 saturated heterocycles. The lowest BCUT2D eigenvalue weighted by molar-refractivity contribution is -0.137. The van der Waals surface area contributed by atoms with E-state index in [4.69, 9.17) is 18.9 Å². The number of carbonyl (C=O) groups excluding carboxylic acids is 1. The summed E-state index contributed by atoms with van der Waals surface area (Å²) in [6.07, 6.45) is -0.550. The van der Waals surface area contributed by atoms with Gasteiger partial charge in [0.05, 0.1) is 37.2 Å². The smallest absolute Gasteiger partial charge is 0.418 e. The second-order valence-electron chi connectivity index (χ2n) is 16.2. The molecule has 10 heteroatoms. The molecule has 0 spiro atoms. The van der Waals surface area contributed by atoms with Gasteiger partial charge in [0.25, 0.3) is 0 Å². The molecule has 0 unspecified atom stereocenters. The fourth-order valence-electron chi connectivity index (χ4n) is 9.96. The van der Waals surface area contributed by atoms with Crippen LogP contribution in [0.1, 0.15) is 72.8 Å². The second-order valence-corrected chi connectivity index (χ2v) is 16.2. The van der Waals surface area contributed by atoms with Crippen molar-refractivity contribution in [2.24, 2.45) is 17.3 Å². The van der Waals surface area contributed by atoms with Crippen LogP contribution in [-0.4, -0.2) is 55.9 Å². The Bertz CT molecular complexity index is 1950. The summed E-state index contributed by atoms with van der Waals surface area (Å²) in [4.78, 5) is 15.0. The Hall–Kier alpha value is -4.38. The number of ether oxygens (including phenoxy) is 4. The number of nitrogens with one attached hydrogen (secondary N) is 1. The molecule has 3 aliphatic carbocycles. The van der Waals surface area contributed by atoms with Crippen molar-refractivity contribution in [3.05, 3.63) is 125 Å². The van der Waals surface area contributed by atoms with E-state index in [1.807, 2.05) is 54.6 Å². The summed E-state index contributed by atoms with van der Waals surface area (Å²) >= 11 is 0. The third-order valence-corrected chi connectivity index (χ3v) is 12.7. The highest BCUT2D eigenvalue weighted by molar-refractivity contribution is 5.91. The summed E-state index contributed by atoms with van der Waals surface area (Å²) < 4.78 is 69.1. The van der Waals surface area contributed by atoms with Crippen LogP contribution in [0.25, 0.3) is 0 Å². The van der Waals surface area contributed by atoms with E-state index in [9.17, 15) is 18.0 Å². The molecule has 1 amide bonds. The van der Waals surface area contributed by atoms with Gasteiger partial charge in [0.1, 0.15) is 24.2 Å². The van der Waals surface area contributed by atoms with Gasteiger partial charge in [0.2, 0.25) is 5.91 Å². The maximum Gasteiger partial charge on any atom is 0.418 e. The first-order valence-corrected chi connectivity index (χ1v) is 20.1. The number of carbonyl (C=O) groups is 1. The van der Waals surface area contributed by atoms with Crippen molar-refractivity contribution < 1.29 is 36.9 Å². The molecular weight excluding hydrogens is 718 g/mol. The normalized spacial score (nSPS) is 26.1. The van der Waals surface area contributed by atoms with Crippen LogP contribution >= 0.6 is 0 Å². The Morgan fingerprint density at radius 2 is 1.59 bits per heavy atom. The quantitative estimate of drug-likeness (QED) is 0.155. The topological polar surface area (TPSA) is 69.3 Å². The van der Waals surface area contributed by atoms with E-state index in [0.29, 0.717) is 58.4 Å². The molecule has 1 aliphatic heterocycles. The number of aryl methyl sites for hydroxylation is 1. The molecule has 4 aliphatic rings. The number of alkyl halides is 3. The van der Waals surface area contributed by atoms with Crippen LogP contribution in [0.2, 0.25) is 0 Å². The number of rotatable bonds is 12. The van der Waals surface area contributed by atoms with E-state index in [-0.39, 0.29) is 41.2 Å². The average molecular weight is 769 g/mol.